The molecule has 300 valence electrons. The van der Waals surface area contributed by atoms with Gasteiger partial charge in [-0.1, -0.05) is 14.9 Å². The van der Waals surface area contributed by atoms with Crippen LogP contribution in [0, 0.1) is 0 Å². The van der Waals surface area contributed by atoms with Crippen molar-refractivity contribution in [2.45, 2.75) is 105 Å². The molecule has 53 heavy (non-hydrogen) atoms. The number of carboxylic acids is 1. The van der Waals surface area contributed by atoms with Gasteiger partial charge >= 0.3 is 30.1 Å². The first-order chi connectivity index (χ1) is 23.8. The predicted molar refractivity (Wildman–Crippen MR) is 199 cm³/mol. The van der Waals surface area contributed by atoms with Gasteiger partial charge in [0.1, 0.15) is 23.3 Å². The average molecular weight is 753 g/mol. The molecule has 0 unspecified atom stereocenters. The molecule has 2 aromatic rings. The van der Waals surface area contributed by atoms with Gasteiger partial charge < -0.3 is 45.7 Å². The lowest BCUT2D eigenvalue weighted by atomic mass is 10.1. The molecule has 2 atom stereocenters. The van der Waals surface area contributed by atoms with Gasteiger partial charge in [0, 0.05) is 37.9 Å². The van der Waals surface area contributed by atoms with Gasteiger partial charge in [-0.05, 0) is 91.5 Å². The molecule has 17 heteroatoms. The van der Waals surface area contributed by atoms with Gasteiger partial charge in [-0.3, -0.25) is 19.6 Å². The maximum Gasteiger partial charge on any atom is 0.407 e. The lowest BCUT2D eigenvalue weighted by Crippen LogP contribution is -2.42. The second kappa shape index (κ2) is 27.3. The monoisotopic (exact) mass is 752 g/mol. The minimum atomic E-state index is -0.942. The molecule has 0 radical (unpaired) electrons. The maximum atomic E-state index is 12.1. The highest BCUT2D eigenvalue weighted by Crippen LogP contribution is 2.08. The maximum absolute atomic E-state index is 12.1. The minimum absolute atomic E-state index is 0. The summed E-state index contributed by atoms with van der Waals surface area (Å²) in [4.78, 5) is 75.4. The number of hydrogen-bond acceptors (Lipinski definition) is 13. The van der Waals surface area contributed by atoms with Crippen LogP contribution in [0.1, 0.15) is 103 Å². The number of hydrogen-bond donors (Lipinski definition) is 5. The Hall–Kier alpha value is -5.32. The number of nitrogens with two attached hydrogens (primary N) is 1. The smallest absolute Gasteiger partial charge is 0.407 e. The summed E-state index contributed by atoms with van der Waals surface area (Å²) in [5.41, 5.74) is 5.02. The third-order valence-electron chi connectivity index (χ3n) is 5.83. The molecule has 2 aromatic heterocycles. The van der Waals surface area contributed by atoms with Crippen molar-refractivity contribution < 1.29 is 52.8 Å². The van der Waals surface area contributed by atoms with Gasteiger partial charge in [0.25, 0.3) is 5.91 Å². The van der Waals surface area contributed by atoms with E-state index in [-0.39, 0.29) is 20.4 Å². The van der Waals surface area contributed by atoms with E-state index in [1.807, 2.05) is 0 Å². The van der Waals surface area contributed by atoms with E-state index < -0.39 is 59.3 Å². The molecule has 0 bridgehead atoms. The third-order valence-corrected chi connectivity index (χ3v) is 5.83. The second-order valence-electron chi connectivity index (χ2n) is 12.6. The molecule has 0 fully saturated rings. The molecule has 0 saturated heterocycles. The van der Waals surface area contributed by atoms with Crippen molar-refractivity contribution in [3.05, 3.63) is 60.2 Å². The van der Waals surface area contributed by atoms with Crippen molar-refractivity contribution in [2.24, 2.45) is 5.73 Å². The van der Waals surface area contributed by atoms with Crippen LogP contribution in [0.2, 0.25) is 0 Å². The first-order valence-corrected chi connectivity index (χ1v) is 16.0. The molecule has 0 aliphatic carbocycles. The average Bonchev–Trinajstić information content (AvgIpc) is 3.06. The number of carboxylic acid groups (broad SMARTS) is 1. The zero-order valence-electron chi connectivity index (χ0n) is 30.5. The Kier molecular flexibility index (Phi) is 26.9. The summed E-state index contributed by atoms with van der Waals surface area (Å²) in [6, 6.07) is 4.87. The quantitative estimate of drug-likeness (QED) is 0.107. The molecule has 0 aromatic carbocycles. The molecule has 6 N–H and O–H groups in total. The SMILES string of the molecule is C.C.COC(=O)[C@@H](N)CCCNC(=O)OC(C)(C)C.COC(=O)[C@H](CCCNC(=O)OC(C)(C)C)NC(=O)c1cccnc1.O=C(O)c1cccnc1. The van der Waals surface area contributed by atoms with Crippen LogP contribution < -0.4 is 21.7 Å². The molecular formula is C36H60N6O11. The van der Waals surface area contributed by atoms with Gasteiger partial charge in [-0.15, -0.1) is 0 Å². The van der Waals surface area contributed by atoms with Crippen LogP contribution in [-0.2, 0) is 28.5 Å². The van der Waals surface area contributed by atoms with Gasteiger partial charge in [-0.25, -0.2) is 19.2 Å². The Balaban J connectivity index is -0.000000771. The van der Waals surface area contributed by atoms with Crippen molar-refractivity contribution in [1.29, 1.82) is 0 Å². The van der Waals surface area contributed by atoms with Gasteiger partial charge in [0.05, 0.1) is 25.3 Å². The first kappa shape index (κ1) is 52.0. The van der Waals surface area contributed by atoms with E-state index >= 15 is 0 Å². The van der Waals surface area contributed by atoms with Crippen LogP contribution in [-0.4, -0.2) is 102 Å². The third kappa shape index (κ3) is 27.1. The summed E-state index contributed by atoms with van der Waals surface area (Å²) >= 11 is 0. The standard InChI is InChI=1S/C17H25N3O5.C11H22N2O4.C6H5NO2.2CH4/c1-17(2,3)25-16(23)19-10-6-8-13(15(22)24-4)20-14(21)12-7-5-9-18-11-12;1-11(2,3)17-10(15)13-7-5-6-8(12)9(14)16-4;8-6(9)5-2-1-3-7-4-5;;/h5,7,9,11,13H,6,8,10H2,1-4H3,(H,19,23)(H,20,21);8H,5-7,12H2,1-4H3,(H,13,15);1-4H,(H,8,9);2*1H4/t13-;8-;;;/m00.../s1. The Bertz CT molecular complexity index is 1370. The number of nitrogens with one attached hydrogen (secondary N) is 3. The van der Waals surface area contributed by atoms with E-state index in [0.29, 0.717) is 44.3 Å². The van der Waals surface area contributed by atoms with Crippen LogP contribution in [0.5, 0.6) is 0 Å². The molecule has 3 amide bonds. The van der Waals surface area contributed by atoms with Gasteiger partial charge in [0.2, 0.25) is 0 Å². The van der Waals surface area contributed by atoms with Crippen LogP contribution in [0.3, 0.4) is 0 Å². The number of methoxy groups -OCH3 is 2. The molecule has 0 spiro atoms. The van der Waals surface area contributed by atoms with Gasteiger partial charge in [-0.2, -0.15) is 0 Å². The number of aromatic nitrogens is 2. The zero-order valence-corrected chi connectivity index (χ0v) is 30.5. The van der Waals surface area contributed by atoms with Crippen LogP contribution >= 0.6 is 0 Å². The topological polar surface area (TPSA) is 247 Å². The van der Waals surface area contributed by atoms with Crippen molar-refractivity contribution in [3.63, 3.8) is 0 Å². The lowest BCUT2D eigenvalue weighted by Gasteiger charge is -2.20. The molecule has 2 heterocycles. The highest BCUT2D eigenvalue weighted by molar-refractivity contribution is 5.96. The second-order valence-corrected chi connectivity index (χ2v) is 12.6. The fraction of sp³-hybridized carbons (Fsp3) is 0.556. The number of rotatable bonds is 13. The zero-order chi connectivity index (χ0) is 39.0. The van der Waals surface area contributed by atoms with E-state index in [4.69, 9.17) is 25.1 Å². The number of aromatic carboxylic acids is 1. The number of pyridine rings is 2. The number of nitrogens with zero attached hydrogens (tertiary/aromatic N) is 2. The fourth-order valence-electron chi connectivity index (χ4n) is 3.53. The number of esters is 2. The van der Waals surface area contributed by atoms with Crippen molar-refractivity contribution >= 4 is 36.0 Å². The minimum Gasteiger partial charge on any atom is -0.478 e. The van der Waals surface area contributed by atoms with E-state index in [0.717, 1.165) is 0 Å². The molecular weight excluding hydrogens is 692 g/mol. The molecule has 0 saturated carbocycles. The van der Waals surface area contributed by atoms with Crippen molar-refractivity contribution in [1.82, 2.24) is 25.9 Å². The predicted octanol–water partition coefficient (Wildman–Crippen LogP) is 4.50. The lowest BCUT2D eigenvalue weighted by molar-refractivity contribution is -0.143. The molecule has 2 rings (SSSR count). The Morgan fingerprint density at radius 2 is 1.17 bits per heavy atom. The van der Waals surface area contributed by atoms with Crippen LogP contribution in [0.15, 0.2) is 49.1 Å². The summed E-state index contributed by atoms with van der Waals surface area (Å²) in [7, 11) is 2.55. The number of alkyl carbamates (subject to hydrolysis) is 2. The summed E-state index contributed by atoms with van der Waals surface area (Å²) in [5.74, 6) is -2.34. The molecule has 0 aliphatic rings. The molecule has 17 nitrogen and oxygen atoms in total. The number of carbonyl (C=O) groups excluding carboxylic acids is 5. The number of ether oxygens (including phenoxy) is 4. The Labute approximate surface area is 313 Å². The van der Waals surface area contributed by atoms with Crippen molar-refractivity contribution in [3.8, 4) is 0 Å². The van der Waals surface area contributed by atoms with E-state index in [1.54, 1.807) is 65.9 Å². The van der Waals surface area contributed by atoms with E-state index in [9.17, 15) is 28.8 Å². The Morgan fingerprint density at radius 1 is 0.736 bits per heavy atom. The summed E-state index contributed by atoms with van der Waals surface area (Å²) < 4.78 is 19.3. The highest BCUT2D eigenvalue weighted by Gasteiger charge is 2.22. The van der Waals surface area contributed by atoms with Crippen LogP contribution in [0.25, 0.3) is 0 Å². The number of carbonyl (C=O) groups is 6. The number of amides is 3. The normalized spacial score (nSPS) is 11.3. The van der Waals surface area contributed by atoms with E-state index in [2.05, 4.69) is 30.7 Å². The Morgan fingerprint density at radius 3 is 1.53 bits per heavy atom. The van der Waals surface area contributed by atoms with Gasteiger partial charge in [0.15, 0.2) is 0 Å². The fourth-order valence-corrected chi connectivity index (χ4v) is 3.53. The first-order valence-electron chi connectivity index (χ1n) is 16.0. The van der Waals surface area contributed by atoms with E-state index in [1.165, 1.54) is 38.9 Å². The summed E-state index contributed by atoms with van der Waals surface area (Å²) in [5, 5.41) is 16.1. The highest BCUT2D eigenvalue weighted by atomic mass is 16.6. The summed E-state index contributed by atoms with van der Waals surface area (Å²) in [6.07, 6.45) is 6.64. The molecule has 0 aliphatic heterocycles. The summed E-state index contributed by atoms with van der Waals surface area (Å²) in [6.45, 7) is 11.4. The largest absolute Gasteiger partial charge is 0.478 e. The van der Waals surface area contributed by atoms with Crippen molar-refractivity contribution in [2.75, 3.05) is 27.3 Å². The van der Waals surface area contributed by atoms with Crippen LogP contribution in [0.4, 0.5) is 9.59 Å².